The van der Waals surface area contributed by atoms with Crippen LogP contribution in [0.1, 0.15) is 5.56 Å². The van der Waals surface area contributed by atoms with Crippen molar-refractivity contribution in [3.63, 3.8) is 0 Å². The number of para-hydroxylation sites is 2. The molecule has 0 aliphatic heterocycles. The molecular weight excluding hydrogens is 430 g/mol. The second-order valence-electron chi connectivity index (χ2n) is 5.34. The minimum Gasteiger partial charge on any atom is -0.497 e. The van der Waals surface area contributed by atoms with Gasteiger partial charge in [0.2, 0.25) is 0 Å². The Kier molecular flexibility index (Phi) is 5.59. The zero-order valence-electron chi connectivity index (χ0n) is 13.2. The van der Waals surface area contributed by atoms with E-state index in [4.69, 9.17) is 4.74 Å². The Morgan fingerprint density at radius 2 is 1.25 bits per heavy atom. The van der Waals surface area contributed by atoms with Crippen molar-refractivity contribution in [1.29, 1.82) is 0 Å². The maximum atomic E-state index is 5.25. The number of nitrogens with zero attached hydrogens (tertiary/aromatic N) is 1. The second-order valence-corrected chi connectivity index (χ2v) is 7.05. The minimum atomic E-state index is 0.759. The lowest BCUT2D eigenvalue weighted by Crippen LogP contribution is -2.17. The van der Waals surface area contributed by atoms with E-state index < -0.39 is 0 Å². The number of hydrogen-bond donors (Lipinski definition) is 0. The van der Waals surface area contributed by atoms with Gasteiger partial charge in [-0.25, -0.2) is 0 Å². The molecule has 24 heavy (non-hydrogen) atoms. The first-order valence-corrected chi connectivity index (χ1v) is 9.17. The Labute approximate surface area is 159 Å². The van der Waals surface area contributed by atoms with Crippen LogP contribution in [0, 0.1) is 0 Å². The summed E-state index contributed by atoms with van der Waals surface area (Å²) in [5, 5.41) is 0. The van der Waals surface area contributed by atoms with E-state index in [0.29, 0.717) is 0 Å². The van der Waals surface area contributed by atoms with E-state index in [2.05, 4.69) is 85.3 Å². The summed E-state index contributed by atoms with van der Waals surface area (Å²) in [4.78, 5) is 2.29. The van der Waals surface area contributed by atoms with E-state index in [-0.39, 0.29) is 0 Å². The summed E-state index contributed by atoms with van der Waals surface area (Å²) in [5.41, 5.74) is 3.46. The summed E-state index contributed by atoms with van der Waals surface area (Å²) in [6.07, 6.45) is 0. The molecule has 3 aromatic rings. The lowest BCUT2D eigenvalue weighted by Gasteiger charge is -2.27. The van der Waals surface area contributed by atoms with Gasteiger partial charge in [0.1, 0.15) is 5.75 Å². The zero-order chi connectivity index (χ0) is 16.9. The Morgan fingerprint density at radius 3 is 1.71 bits per heavy atom. The standard InChI is InChI=1S/C20H17Br2NO/c1-24-16-12-10-15(11-13-16)14-23(19-8-4-2-6-17(19)21)20-9-5-3-7-18(20)22/h2-13H,14H2,1H3. The molecule has 0 amide bonds. The molecule has 2 nitrogen and oxygen atoms in total. The average Bonchev–Trinajstić information content (AvgIpc) is 2.62. The Bertz CT molecular complexity index is 772. The number of hydrogen-bond acceptors (Lipinski definition) is 2. The van der Waals surface area contributed by atoms with Gasteiger partial charge in [-0.05, 0) is 73.8 Å². The summed E-state index contributed by atoms with van der Waals surface area (Å²) in [6, 6.07) is 24.7. The van der Waals surface area contributed by atoms with Crippen molar-refractivity contribution in [1.82, 2.24) is 0 Å². The SMILES string of the molecule is COc1ccc(CN(c2ccccc2Br)c2ccccc2Br)cc1. The summed E-state index contributed by atoms with van der Waals surface area (Å²) in [6.45, 7) is 0.759. The minimum absolute atomic E-state index is 0.759. The molecule has 0 aliphatic rings. The quantitative estimate of drug-likeness (QED) is 0.440. The van der Waals surface area contributed by atoms with Crippen molar-refractivity contribution in [2.75, 3.05) is 12.0 Å². The third kappa shape index (κ3) is 3.82. The molecule has 0 unspecified atom stereocenters. The van der Waals surface area contributed by atoms with Gasteiger partial charge in [0.05, 0.1) is 18.5 Å². The van der Waals surface area contributed by atoms with Crippen molar-refractivity contribution < 1.29 is 4.74 Å². The largest absolute Gasteiger partial charge is 0.497 e. The maximum absolute atomic E-state index is 5.25. The fourth-order valence-electron chi connectivity index (χ4n) is 2.55. The first-order chi connectivity index (χ1) is 11.7. The molecule has 0 saturated heterocycles. The predicted octanol–water partition coefficient (Wildman–Crippen LogP) is 6.56. The number of rotatable bonds is 5. The Morgan fingerprint density at radius 1 is 0.750 bits per heavy atom. The number of ether oxygens (including phenoxy) is 1. The molecule has 0 spiro atoms. The van der Waals surface area contributed by atoms with E-state index in [1.807, 2.05) is 24.3 Å². The van der Waals surface area contributed by atoms with Crippen molar-refractivity contribution in [2.45, 2.75) is 6.54 Å². The van der Waals surface area contributed by atoms with Crippen LogP contribution in [0.3, 0.4) is 0 Å². The van der Waals surface area contributed by atoms with Crippen molar-refractivity contribution in [3.05, 3.63) is 87.3 Å². The molecule has 4 heteroatoms. The van der Waals surface area contributed by atoms with Crippen LogP contribution in [-0.4, -0.2) is 7.11 Å². The summed E-state index contributed by atoms with van der Waals surface area (Å²) >= 11 is 7.36. The van der Waals surface area contributed by atoms with Crippen molar-refractivity contribution in [3.8, 4) is 5.75 Å². The zero-order valence-corrected chi connectivity index (χ0v) is 16.4. The van der Waals surface area contributed by atoms with Crippen LogP contribution in [0.5, 0.6) is 5.75 Å². The van der Waals surface area contributed by atoms with Crippen LogP contribution in [0.25, 0.3) is 0 Å². The lowest BCUT2D eigenvalue weighted by molar-refractivity contribution is 0.414. The van der Waals surface area contributed by atoms with Gasteiger partial charge in [0.15, 0.2) is 0 Å². The monoisotopic (exact) mass is 445 g/mol. The second kappa shape index (κ2) is 7.86. The molecular formula is C20H17Br2NO. The van der Waals surface area contributed by atoms with Gasteiger partial charge >= 0.3 is 0 Å². The molecule has 0 aliphatic carbocycles. The molecule has 3 aromatic carbocycles. The van der Waals surface area contributed by atoms with E-state index in [0.717, 1.165) is 32.6 Å². The number of halogens is 2. The Balaban J connectivity index is 2.02. The first-order valence-electron chi connectivity index (χ1n) is 7.58. The number of benzene rings is 3. The van der Waals surface area contributed by atoms with Gasteiger partial charge in [0.25, 0.3) is 0 Å². The number of methoxy groups -OCH3 is 1. The smallest absolute Gasteiger partial charge is 0.118 e. The molecule has 0 atom stereocenters. The normalized spacial score (nSPS) is 10.5. The third-order valence-corrected chi connectivity index (χ3v) is 5.13. The van der Waals surface area contributed by atoms with Gasteiger partial charge in [-0.15, -0.1) is 0 Å². The topological polar surface area (TPSA) is 12.5 Å². The highest BCUT2D eigenvalue weighted by Gasteiger charge is 2.15. The van der Waals surface area contributed by atoms with Crippen LogP contribution in [0.4, 0.5) is 11.4 Å². The van der Waals surface area contributed by atoms with Gasteiger partial charge < -0.3 is 9.64 Å². The van der Waals surface area contributed by atoms with Crippen LogP contribution < -0.4 is 9.64 Å². The van der Waals surface area contributed by atoms with Gasteiger partial charge in [-0.2, -0.15) is 0 Å². The first kappa shape index (κ1) is 17.1. The van der Waals surface area contributed by atoms with Crippen LogP contribution in [0.15, 0.2) is 81.7 Å². The highest BCUT2D eigenvalue weighted by Crippen LogP contribution is 2.37. The highest BCUT2D eigenvalue weighted by molar-refractivity contribution is 9.11. The van der Waals surface area contributed by atoms with Gasteiger partial charge in [-0.3, -0.25) is 0 Å². The highest BCUT2D eigenvalue weighted by atomic mass is 79.9. The maximum Gasteiger partial charge on any atom is 0.118 e. The molecule has 122 valence electrons. The van der Waals surface area contributed by atoms with E-state index >= 15 is 0 Å². The fraction of sp³-hybridized carbons (Fsp3) is 0.100. The molecule has 3 rings (SSSR count). The third-order valence-electron chi connectivity index (χ3n) is 3.79. The van der Waals surface area contributed by atoms with Crippen LogP contribution in [0.2, 0.25) is 0 Å². The van der Waals surface area contributed by atoms with E-state index in [1.54, 1.807) is 7.11 Å². The van der Waals surface area contributed by atoms with Crippen LogP contribution >= 0.6 is 31.9 Å². The lowest BCUT2D eigenvalue weighted by atomic mass is 10.1. The summed E-state index contributed by atoms with van der Waals surface area (Å²) < 4.78 is 7.38. The number of anilines is 2. The fourth-order valence-corrected chi connectivity index (χ4v) is 3.55. The van der Waals surface area contributed by atoms with E-state index in [1.165, 1.54) is 5.56 Å². The molecule has 0 aromatic heterocycles. The molecule has 0 saturated carbocycles. The molecule has 0 radical (unpaired) electrons. The molecule has 0 N–H and O–H groups in total. The Hall–Kier alpha value is -1.78. The van der Waals surface area contributed by atoms with Crippen LogP contribution in [-0.2, 0) is 6.54 Å². The van der Waals surface area contributed by atoms with Gasteiger partial charge in [0, 0.05) is 15.5 Å². The summed E-state index contributed by atoms with van der Waals surface area (Å²) in [7, 11) is 1.68. The molecule has 0 bridgehead atoms. The van der Waals surface area contributed by atoms with E-state index in [9.17, 15) is 0 Å². The van der Waals surface area contributed by atoms with Crippen molar-refractivity contribution >= 4 is 43.2 Å². The average molecular weight is 447 g/mol. The van der Waals surface area contributed by atoms with Gasteiger partial charge in [-0.1, -0.05) is 36.4 Å². The molecule has 0 fully saturated rings. The molecule has 0 heterocycles. The van der Waals surface area contributed by atoms with Crippen molar-refractivity contribution in [2.24, 2.45) is 0 Å². The predicted molar refractivity (Wildman–Crippen MR) is 107 cm³/mol. The summed E-state index contributed by atoms with van der Waals surface area (Å²) in [5.74, 6) is 0.868.